The maximum Gasteiger partial charge on any atom is 0.334 e. The molecule has 5 amide bonds. The van der Waals surface area contributed by atoms with Crippen LogP contribution in [0.3, 0.4) is 0 Å². The van der Waals surface area contributed by atoms with Crippen molar-refractivity contribution < 1.29 is 19.2 Å². The van der Waals surface area contributed by atoms with Crippen LogP contribution < -0.4 is 5.32 Å². The van der Waals surface area contributed by atoms with E-state index in [9.17, 15) is 19.2 Å². The molecule has 1 aliphatic carbocycles. The number of nitrogens with zero attached hydrogens (tertiary/aromatic N) is 2. The number of imide groups is 2. The lowest BCUT2D eigenvalue weighted by atomic mass is 9.85. The molecule has 1 N–H and O–H groups in total. The van der Waals surface area contributed by atoms with E-state index >= 15 is 0 Å². The van der Waals surface area contributed by atoms with Crippen molar-refractivity contribution in [2.45, 2.75) is 38.6 Å². The van der Waals surface area contributed by atoms with Gasteiger partial charge in [-0.1, -0.05) is 49.0 Å². The number of urea groups is 1. The molecule has 7 nitrogen and oxygen atoms in total. The quantitative estimate of drug-likeness (QED) is 0.607. The molecule has 1 heterocycles. The lowest BCUT2D eigenvalue weighted by molar-refractivity contribution is -0.145. The minimum atomic E-state index is -0.981. The van der Waals surface area contributed by atoms with Crippen molar-refractivity contribution in [3.63, 3.8) is 0 Å². The zero-order valence-corrected chi connectivity index (χ0v) is 16.2. The summed E-state index contributed by atoms with van der Waals surface area (Å²) in [4.78, 5) is 51.3. The summed E-state index contributed by atoms with van der Waals surface area (Å²) in [6, 6.07) is 3.66. The van der Waals surface area contributed by atoms with Gasteiger partial charge in [-0.25, -0.2) is 9.69 Å². The number of amides is 5. The maximum atomic E-state index is 12.7. The molecule has 9 heteroatoms. The monoisotopic (exact) mass is 411 g/mol. The van der Waals surface area contributed by atoms with Crippen molar-refractivity contribution in [3.05, 3.63) is 28.2 Å². The molecule has 1 aromatic carbocycles. The molecular formula is C18H19Cl2N3O4. The van der Waals surface area contributed by atoms with Crippen LogP contribution in [-0.2, 0) is 14.4 Å². The molecule has 0 radical (unpaired) electrons. The Kier molecular flexibility index (Phi) is 5.72. The van der Waals surface area contributed by atoms with E-state index in [0.717, 1.165) is 24.2 Å². The third-order valence-electron chi connectivity index (χ3n) is 5.01. The summed E-state index contributed by atoms with van der Waals surface area (Å²) in [6.45, 7) is 1.40. The van der Waals surface area contributed by atoms with Crippen LogP contribution in [0.5, 0.6) is 0 Å². The molecule has 27 heavy (non-hydrogen) atoms. The van der Waals surface area contributed by atoms with Crippen LogP contribution in [0.25, 0.3) is 0 Å². The van der Waals surface area contributed by atoms with Gasteiger partial charge < -0.3 is 5.32 Å². The van der Waals surface area contributed by atoms with Gasteiger partial charge in [0.2, 0.25) is 5.91 Å². The predicted octanol–water partition coefficient (Wildman–Crippen LogP) is 3.30. The van der Waals surface area contributed by atoms with Crippen molar-refractivity contribution in [1.82, 2.24) is 9.80 Å². The lowest BCUT2D eigenvalue weighted by Crippen LogP contribution is -2.46. The molecule has 0 bridgehead atoms. The van der Waals surface area contributed by atoms with Gasteiger partial charge in [-0.05, 0) is 30.9 Å². The Hall–Kier alpha value is -2.12. The third-order valence-corrected chi connectivity index (χ3v) is 5.83. The minimum absolute atomic E-state index is 0.124. The number of rotatable bonds is 4. The van der Waals surface area contributed by atoms with E-state index in [-0.39, 0.29) is 27.7 Å². The largest absolute Gasteiger partial charge is 0.334 e. The molecule has 1 aliphatic heterocycles. The van der Waals surface area contributed by atoms with E-state index in [0.29, 0.717) is 11.3 Å². The molecule has 2 fully saturated rings. The van der Waals surface area contributed by atoms with Crippen LogP contribution in [-0.4, -0.2) is 46.1 Å². The van der Waals surface area contributed by atoms with Crippen LogP contribution in [0, 0.1) is 5.92 Å². The molecule has 1 saturated carbocycles. The average molecular weight is 412 g/mol. The normalized spacial score (nSPS) is 23.1. The number of hydrogen-bond acceptors (Lipinski definition) is 4. The van der Waals surface area contributed by atoms with E-state index in [1.54, 1.807) is 18.2 Å². The fourth-order valence-corrected chi connectivity index (χ4v) is 3.92. The molecule has 0 unspecified atom stereocenters. The summed E-state index contributed by atoms with van der Waals surface area (Å²) in [5.74, 6) is -2.37. The maximum absolute atomic E-state index is 12.7. The molecule has 2 aliphatic rings. The van der Waals surface area contributed by atoms with E-state index in [1.165, 1.54) is 0 Å². The second kappa shape index (κ2) is 7.86. The second-order valence-corrected chi connectivity index (χ2v) is 7.61. The highest BCUT2D eigenvalue weighted by molar-refractivity contribution is 6.45. The number of halogens is 2. The SMILES string of the molecule is C[C@H]1CCCC[C@H]1N1C(=O)C(=O)N(CC(=O)Nc2cccc(Cl)c2Cl)C1=O. The van der Waals surface area contributed by atoms with E-state index in [2.05, 4.69) is 5.32 Å². The van der Waals surface area contributed by atoms with Crippen molar-refractivity contribution >= 4 is 52.6 Å². The summed E-state index contributed by atoms with van der Waals surface area (Å²) >= 11 is 11.9. The molecule has 3 rings (SSSR count). The topological polar surface area (TPSA) is 86.8 Å². The van der Waals surface area contributed by atoms with Crippen molar-refractivity contribution in [2.75, 3.05) is 11.9 Å². The number of carbonyl (C=O) groups excluding carboxylic acids is 4. The molecular weight excluding hydrogens is 393 g/mol. The smallest absolute Gasteiger partial charge is 0.323 e. The first kappa shape index (κ1) is 19.6. The van der Waals surface area contributed by atoms with Gasteiger partial charge in [0.15, 0.2) is 0 Å². The fraction of sp³-hybridized carbons (Fsp3) is 0.444. The molecule has 1 aromatic rings. The zero-order chi connectivity index (χ0) is 19.7. The van der Waals surface area contributed by atoms with E-state index < -0.39 is 30.3 Å². The molecule has 2 atom stereocenters. The molecule has 1 saturated heterocycles. The fourth-order valence-electron chi connectivity index (χ4n) is 3.57. The Bertz CT molecular complexity index is 814. The third kappa shape index (κ3) is 3.80. The number of nitrogens with one attached hydrogen (secondary N) is 1. The van der Waals surface area contributed by atoms with Crippen molar-refractivity contribution in [1.29, 1.82) is 0 Å². The molecule has 0 aromatic heterocycles. The van der Waals surface area contributed by atoms with Gasteiger partial charge >= 0.3 is 17.8 Å². The van der Waals surface area contributed by atoms with Crippen LogP contribution in [0.1, 0.15) is 32.6 Å². The Labute approximate surface area is 166 Å². The van der Waals surface area contributed by atoms with Gasteiger partial charge in [-0.3, -0.25) is 19.3 Å². The number of hydrogen-bond donors (Lipinski definition) is 1. The Morgan fingerprint density at radius 3 is 2.56 bits per heavy atom. The summed E-state index contributed by atoms with van der Waals surface area (Å²) in [6.07, 6.45) is 3.50. The Morgan fingerprint density at radius 1 is 1.15 bits per heavy atom. The Balaban J connectivity index is 1.72. The van der Waals surface area contributed by atoms with Gasteiger partial charge in [0.05, 0.1) is 15.7 Å². The van der Waals surface area contributed by atoms with Crippen LogP contribution in [0.15, 0.2) is 18.2 Å². The van der Waals surface area contributed by atoms with Crippen LogP contribution >= 0.6 is 23.2 Å². The summed E-state index contributed by atoms with van der Waals surface area (Å²) in [7, 11) is 0. The first-order valence-corrected chi connectivity index (χ1v) is 9.49. The van der Waals surface area contributed by atoms with Gasteiger partial charge in [-0.2, -0.15) is 0 Å². The minimum Gasteiger partial charge on any atom is -0.323 e. The molecule has 0 spiro atoms. The highest BCUT2D eigenvalue weighted by atomic mass is 35.5. The average Bonchev–Trinajstić information content (AvgIpc) is 2.83. The van der Waals surface area contributed by atoms with Gasteiger partial charge in [0.25, 0.3) is 0 Å². The standard InChI is InChI=1S/C18H19Cl2N3O4/c1-10-5-2-3-8-13(10)23-17(26)16(25)22(18(23)27)9-14(24)21-12-7-4-6-11(19)15(12)20/h4,6-7,10,13H,2-3,5,8-9H2,1H3,(H,21,24)/t10-,13+/m0/s1. The van der Waals surface area contributed by atoms with Crippen LogP contribution in [0.4, 0.5) is 10.5 Å². The van der Waals surface area contributed by atoms with Gasteiger partial charge in [-0.15, -0.1) is 0 Å². The second-order valence-electron chi connectivity index (χ2n) is 6.83. The highest BCUT2D eigenvalue weighted by Crippen LogP contribution is 2.32. The summed E-state index contributed by atoms with van der Waals surface area (Å²) in [5.41, 5.74) is 0.261. The van der Waals surface area contributed by atoms with Gasteiger partial charge in [0, 0.05) is 6.04 Å². The summed E-state index contributed by atoms with van der Waals surface area (Å²) in [5, 5.41) is 2.92. The molecule has 144 valence electrons. The van der Waals surface area contributed by atoms with E-state index in [1.807, 2.05) is 6.92 Å². The lowest BCUT2D eigenvalue weighted by Gasteiger charge is -2.34. The van der Waals surface area contributed by atoms with Gasteiger partial charge in [0.1, 0.15) is 6.54 Å². The van der Waals surface area contributed by atoms with E-state index in [4.69, 9.17) is 23.2 Å². The number of carbonyl (C=O) groups is 4. The summed E-state index contributed by atoms with van der Waals surface area (Å²) < 4.78 is 0. The highest BCUT2D eigenvalue weighted by Gasteiger charge is 2.49. The zero-order valence-electron chi connectivity index (χ0n) is 14.7. The van der Waals surface area contributed by atoms with Crippen molar-refractivity contribution in [2.24, 2.45) is 5.92 Å². The first-order chi connectivity index (χ1) is 12.8. The van der Waals surface area contributed by atoms with Crippen molar-refractivity contribution in [3.8, 4) is 0 Å². The number of anilines is 1. The number of benzene rings is 1. The first-order valence-electron chi connectivity index (χ1n) is 8.74. The Morgan fingerprint density at radius 2 is 1.85 bits per heavy atom. The predicted molar refractivity (Wildman–Crippen MR) is 100 cm³/mol. The van der Waals surface area contributed by atoms with Crippen LogP contribution in [0.2, 0.25) is 10.0 Å².